The number of anilines is 2. The normalized spacial score (nSPS) is 14.5. The van der Waals surface area contributed by atoms with Gasteiger partial charge in [0.1, 0.15) is 11.3 Å². The van der Waals surface area contributed by atoms with E-state index in [1.165, 1.54) is 11.3 Å². The molecule has 1 saturated heterocycles. The van der Waals surface area contributed by atoms with Crippen LogP contribution >= 0.6 is 34.4 Å². The average Bonchev–Trinajstić information content (AvgIpc) is 3.20. The van der Waals surface area contributed by atoms with Gasteiger partial charge in [0.25, 0.3) is 0 Å². The van der Waals surface area contributed by atoms with Crippen molar-refractivity contribution in [2.24, 2.45) is 5.92 Å². The summed E-state index contributed by atoms with van der Waals surface area (Å²) in [6.07, 6.45) is 0. The largest absolute Gasteiger partial charge is 0.494 e. The van der Waals surface area contributed by atoms with Gasteiger partial charge in [0, 0.05) is 13.1 Å². The molecule has 1 fully saturated rings. The molecular formula is C16H17N5O2S3. The number of rotatable bonds is 6. The molecule has 1 N–H and O–H groups in total. The lowest BCUT2D eigenvalue weighted by molar-refractivity contribution is -0.120. The molecule has 3 aromatic rings. The predicted octanol–water partition coefficient (Wildman–Crippen LogP) is 3.34. The number of hydrogen-bond donors (Lipinski definition) is 1. The molecule has 1 amide bonds. The second-order valence-corrected chi connectivity index (χ2v) is 9.20. The van der Waals surface area contributed by atoms with Gasteiger partial charge in [-0.3, -0.25) is 4.79 Å². The molecule has 1 aliphatic heterocycles. The second kappa shape index (κ2) is 7.37. The Morgan fingerprint density at radius 1 is 1.38 bits per heavy atom. The van der Waals surface area contributed by atoms with Crippen molar-refractivity contribution in [3.05, 3.63) is 18.2 Å². The Morgan fingerprint density at radius 2 is 2.23 bits per heavy atom. The van der Waals surface area contributed by atoms with Gasteiger partial charge in [0.15, 0.2) is 9.47 Å². The van der Waals surface area contributed by atoms with Gasteiger partial charge in [-0.1, -0.05) is 47.4 Å². The number of nitrogens with one attached hydrogen (secondary N) is 1. The molecular weight excluding hydrogens is 390 g/mol. The molecule has 1 aromatic carbocycles. The van der Waals surface area contributed by atoms with Gasteiger partial charge >= 0.3 is 0 Å². The topological polar surface area (TPSA) is 80.2 Å². The van der Waals surface area contributed by atoms with Crippen molar-refractivity contribution in [3.63, 3.8) is 0 Å². The summed E-state index contributed by atoms with van der Waals surface area (Å²) >= 11 is 4.65. The Labute approximate surface area is 162 Å². The van der Waals surface area contributed by atoms with Gasteiger partial charge in [-0.2, -0.15) is 0 Å². The number of hydrogen-bond acceptors (Lipinski definition) is 9. The third-order valence-electron chi connectivity index (χ3n) is 4.02. The van der Waals surface area contributed by atoms with Crippen molar-refractivity contribution in [2.45, 2.75) is 11.3 Å². The lowest BCUT2D eigenvalue weighted by Gasteiger charge is -2.37. The minimum atomic E-state index is -0.0601. The van der Waals surface area contributed by atoms with Gasteiger partial charge in [-0.05, 0) is 17.9 Å². The fourth-order valence-electron chi connectivity index (χ4n) is 2.66. The van der Waals surface area contributed by atoms with Crippen LogP contribution in [-0.4, -0.2) is 47.0 Å². The Morgan fingerprint density at radius 3 is 3.00 bits per heavy atom. The zero-order valence-corrected chi connectivity index (χ0v) is 16.7. The molecule has 10 heteroatoms. The average molecular weight is 408 g/mol. The van der Waals surface area contributed by atoms with Crippen molar-refractivity contribution in [1.82, 2.24) is 15.2 Å². The zero-order chi connectivity index (χ0) is 18.1. The van der Waals surface area contributed by atoms with Crippen LogP contribution in [0.3, 0.4) is 0 Å². The van der Waals surface area contributed by atoms with E-state index in [1.54, 1.807) is 30.2 Å². The number of carbonyl (C=O) groups is 1. The summed E-state index contributed by atoms with van der Waals surface area (Å²) in [5.41, 5.74) is 0.873. The van der Waals surface area contributed by atoms with Crippen LogP contribution in [0.4, 0.5) is 10.3 Å². The van der Waals surface area contributed by atoms with Gasteiger partial charge < -0.3 is 15.0 Å². The van der Waals surface area contributed by atoms with Crippen molar-refractivity contribution in [1.29, 1.82) is 0 Å². The molecule has 7 nitrogen and oxygen atoms in total. The maximum Gasteiger partial charge on any atom is 0.232 e. The van der Waals surface area contributed by atoms with Gasteiger partial charge in [0.2, 0.25) is 11.0 Å². The van der Waals surface area contributed by atoms with E-state index in [0.29, 0.717) is 18.2 Å². The number of fused-ring (bicyclic) bond motifs is 1. The molecule has 0 radical (unpaired) electrons. The van der Waals surface area contributed by atoms with Crippen LogP contribution in [-0.2, 0) is 4.79 Å². The molecule has 0 unspecified atom stereocenters. The monoisotopic (exact) mass is 407 g/mol. The van der Waals surface area contributed by atoms with E-state index < -0.39 is 0 Å². The summed E-state index contributed by atoms with van der Waals surface area (Å²) in [5, 5.41) is 12.4. The Kier molecular flexibility index (Phi) is 4.96. The first-order chi connectivity index (χ1) is 12.7. The number of carbonyl (C=O) groups excluding carboxylic acids is 1. The van der Waals surface area contributed by atoms with E-state index in [-0.39, 0.29) is 11.8 Å². The number of para-hydroxylation sites is 1. The third kappa shape index (κ3) is 3.36. The minimum absolute atomic E-state index is 0.0101. The number of ether oxygens (including phenoxy) is 1. The molecule has 1 aliphatic rings. The summed E-state index contributed by atoms with van der Waals surface area (Å²) in [7, 11) is 1.65. The second-order valence-electron chi connectivity index (χ2n) is 5.70. The summed E-state index contributed by atoms with van der Waals surface area (Å²) in [6, 6.07) is 5.90. The maximum absolute atomic E-state index is 12.4. The van der Waals surface area contributed by atoms with Gasteiger partial charge in [0.05, 0.1) is 17.7 Å². The van der Waals surface area contributed by atoms with Crippen molar-refractivity contribution < 1.29 is 9.53 Å². The van der Waals surface area contributed by atoms with Crippen LogP contribution in [0, 0.1) is 5.92 Å². The lowest BCUT2D eigenvalue weighted by atomic mass is 10.0. The molecule has 0 aliphatic carbocycles. The van der Waals surface area contributed by atoms with E-state index in [9.17, 15) is 4.79 Å². The Bertz CT molecular complexity index is 935. The first-order valence-electron chi connectivity index (χ1n) is 8.13. The lowest BCUT2D eigenvalue weighted by Crippen LogP contribution is -2.52. The van der Waals surface area contributed by atoms with E-state index in [0.717, 1.165) is 31.2 Å². The van der Waals surface area contributed by atoms with Crippen LogP contribution in [0.25, 0.3) is 10.2 Å². The smallest absolute Gasteiger partial charge is 0.232 e. The van der Waals surface area contributed by atoms with E-state index in [4.69, 9.17) is 4.74 Å². The van der Waals surface area contributed by atoms with E-state index in [1.807, 2.05) is 18.2 Å². The van der Waals surface area contributed by atoms with Crippen molar-refractivity contribution in [2.75, 3.05) is 36.2 Å². The first kappa shape index (κ1) is 17.5. The van der Waals surface area contributed by atoms with E-state index >= 15 is 0 Å². The van der Waals surface area contributed by atoms with Gasteiger partial charge in [-0.25, -0.2) is 4.98 Å². The Balaban J connectivity index is 1.38. The Hall–Kier alpha value is -1.91. The van der Waals surface area contributed by atoms with Gasteiger partial charge in [-0.15, -0.1) is 10.2 Å². The highest BCUT2D eigenvalue weighted by molar-refractivity contribution is 8.01. The fraction of sp³-hybridized carbons (Fsp3) is 0.375. The summed E-state index contributed by atoms with van der Waals surface area (Å²) in [6.45, 7) is 3.37. The molecule has 4 rings (SSSR count). The first-order valence-corrected chi connectivity index (χ1v) is 10.8. The zero-order valence-electron chi connectivity index (χ0n) is 14.3. The SMILES string of the molecule is CCSc1nnc(NC(=O)C2CN(c3nc4c(OC)cccc4s3)C2)s1. The minimum Gasteiger partial charge on any atom is -0.494 e. The summed E-state index contributed by atoms with van der Waals surface area (Å²) in [5.74, 6) is 1.64. The highest BCUT2D eigenvalue weighted by Crippen LogP contribution is 2.36. The number of methoxy groups -OCH3 is 1. The third-order valence-corrected chi connectivity index (χ3v) is 6.95. The predicted molar refractivity (Wildman–Crippen MR) is 107 cm³/mol. The molecule has 0 saturated carbocycles. The molecule has 0 atom stereocenters. The van der Waals surface area contributed by atoms with Crippen LogP contribution < -0.4 is 15.0 Å². The highest BCUT2D eigenvalue weighted by atomic mass is 32.2. The summed E-state index contributed by atoms with van der Waals surface area (Å²) < 4.78 is 7.33. The molecule has 2 aromatic heterocycles. The number of thioether (sulfide) groups is 1. The number of nitrogens with zero attached hydrogens (tertiary/aromatic N) is 4. The number of benzene rings is 1. The number of thiazole rings is 1. The highest BCUT2D eigenvalue weighted by Gasteiger charge is 2.35. The van der Waals surface area contributed by atoms with Crippen LogP contribution in [0.2, 0.25) is 0 Å². The van der Waals surface area contributed by atoms with Crippen molar-refractivity contribution >= 4 is 60.8 Å². The molecule has 3 heterocycles. The van der Waals surface area contributed by atoms with E-state index in [2.05, 4.69) is 32.3 Å². The molecule has 0 spiro atoms. The number of amides is 1. The summed E-state index contributed by atoms with van der Waals surface area (Å²) in [4.78, 5) is 19.2. The molecule has 26 heavy (non-hydrogen) atoms. The van der Waals surface area contributed by atoms with Crippen LogP contribution in [0.15, 0.2) is 22.5 Å². The fourth-order valence-corrected chi connectivity index (χ4v) is 5.31. The molecule has 0 bridgehead atoms. The number of aromatic nitrogens is 3. The van der Waals surface area contributed by atoms with Crippen LogP contribution in [0.5, 0.6) is 5.75 Å². The molecule has 136 valence electrons. The van der Waals surface area contributed by atoms with Crippen LogP contribution in [0.1, 0.15) is 6.92 Å². The van der Waals surface area contributed by atoms with Crippen molar-refractivity contribution in [3.8, 4) is 5.75 Å². The quantitative estimate of drug-likeness (QED) is 0.496. The standard InChI is InChI=1S/C16H17N5O2S3/c1-3-24-16-20-19-14(26-16)18-13(22)9-7-21(8-9)15-17-12-10(23-2)5-4-6-11(12)25-15/h4-6,9H,3,7-8H2,1-2H3,(H,18,19,22). The maximum atomic E-state index is 12.4.